The molecular formula is C24H27ClN4O3. The minimum absolute atomic E-state index is 0.0551. The molecule has 2 aromatic rings. The van der Waals surface area contributed by atoms with Gasteiger partial charge in [-0.25, -0.2) is 9.80 Å². The van der Waals surface area contributed by atoms with Crippen LogP contribution in [0.4, 0.5) is 4.79 Å². The summed E-state index contributed by atoms with van der Waals surface area (Å²) in [5, 5.41) is 7.00. The number of ether oxygens (including phenoxy) is 1. The third-order valence-electron chi connectivity index (χ3n) is 5.78. The second-order valence-corrected chi connectivity index (χ2v) is 8.32. The fourth-order valence-electron chi connectivity index (χ4n) is 4.06. The lowest BCUT2D eigenvalue weighted by atomic mass is 9.98. The summed E-state index contributed by atoms with van der Waals surface area (Å²) in [4.78, 5) is 29.0. The summed E-state index contributed by atoms with van der Waals surface area (Å²) in [5.41, 5.74) is 2.92. The van der Waals surface area contributed by atoms with Crippen LogP contribution in [0.3, 0.4) is 0 Å². The van der Waals surface area contributed by atoms with Crippen molar-refractivity contribution >= 4 is 29.3 Å². The number of piperazine rings is 1. The number of hydrazone groups is 1. The second kappa shape index (κ2) is 10.1. The smallest absolute Gasteiger partial charge is 0.409 e. The molecule has 0 aromatic heterocycles. The third-order valence-corrected chi connectivity index (χ3v) is 6.04. The monoisotopic (exact) mass is 454 g/mol. The van der Waals surface area contributed by atoms with Gasteiger partial charge in [-0.05, 0) is 30.2 Å². The molecule has 7 nitrogen and oxygen atoms in total. The first-order valence-electron chi connectivity index (χ1n) is 10.9. The van der Waals surface area contributed by atoms with Gasteiger partial charge in [0.2, 0.25) is 0 Å². The zero-order chi connectivity index (χ0) is 22.5. The summed E-state index contributed by atoms with van der Waals surface area (Å²) in [5.74, 6) is -0.0551. The average molecular weight is 455 g/mol. The Morgan fingerprint density at radius 1 is 1.03 bits per heavy atom. The standard InChI is InChI=1S/C24H27ClN4O3/c1-2-32-24(31)28-14-12-27(13-15-28)17-23(30)29-22(19-8-10-20(25)11-9-19)16-21(26-29)18-6-4-3-5-7-18/h3-11,22H,2,12-17H2,1H3. The lowest BCUT2D eigenvalue weighted by Crippen LogP contribution is -2.51. The zero-order valence-electron chi connectivity index (χ0n) is 18.1. The molecule has 0 saturated carbocycles. The highest BCUT2D eigenvalue weighted by atomic mass is 35.5. The van der Waals surface area contributed by atoms with E-state index in [4.69, 9.17) is 21.4 Å². The lowest BCUT2D eigenvalue weighted by molar-refractivity contribution is -0.134. The number of nitrogens with zero attached hydrogens (tertiary/aromatic N) is 4. The predicted molar refractivity (Wildman–Crippen MR) is 124 cm³/mol. The Balaban J connectivity index is 1.47. The molecule has 1 atom stereocenters. The van der Waals surface area contributed by atoms with E-state index in [0.717, 1.165) is 16.8 Å². The Labute approximate surface area is 193 Å². The van der Waals surface area contributed by atoms with Gasteiger partial charge in [0.15, 0.2) is 0 Å². The van der Waals surface area contributed by atoms with E-state index in [1.54, 1.807) is 16.8 Å². The Morgan fingerprint density at radius 2 is 1.72 bits per heavy atom. The Bertz CT molecular complexity index is 972. The van der Waals surface area contributed by atoms with Gasteiger partial charge in [-0.1, -0.05) is 54.1 Å². The van der Waals surface area contributed by atoms with E-state index in [1.165, 1.54) is 0 Å². The summed E-state index contributed by atoms with van der Waals surface area (Å²) in [6, 6.07) is 17.4. The molecule has 2 aromatic carbocycles. The molecular weight excluding hydrogens is 428 g/mol. The van der Waals surface area contributed by atoms with Gasteiger partial charge >= 0.3 is 6.09 Å². The van der Waals surface area contributed by atoms with Crippen LogP contribution in [0.1, 0.15) is 30.5 Å². The second-order valence-electron chi connectivity index (χ2n) is 7.88. The minimum atomic E-state index is -0.294. The summed E-state index contributed by atoms with van der Waals surface area (Å²) in [7, 11) is 0. The molecule has 1 unspecified atom stereocenters. The summed E-state index contributed by atoms with van der Waals surface area (Å²) in [6.45, 7) is 4.76. The van der Waals surface area contributed by atoms with Crippen LogP contribution in [0.5, 0.6) is 0 Å². The van der Waals surface area contributed by atoms with Gasteiger partial charge in [-0.3, -0.25) is 9.69 Å². The highest BCUT2D eigenvalue weighted by Crippen LogP contribution is 2.33. The SMILES string of the molecule is CCOC(=O)N1CCN(CC(=O)N2N=C(c3ccccc3)CC2c2ccc(Cl)cc2)CC1. The molecule has 1 saturated heterocycles. The molecule has 2 heterocycles. The summed E-state index contributed by atoms with van der Waals surface area (Å²) < 4.78 is 5.07. The fourth-order valence-corrected chi connectivity index (χ4v) is 4.18. The van der Waals surface area contributed by atoms with Gasteiger partial charge in [0.25, 0.3) is 5.91 Å². The number of amides is 2. The van der Waals surface area contributed by atoms with Crippen LogP contribution in [0, 0.1) is 0 Å². The van der Waals surface area contributed by atoms with E-state index in [-0.39, 0.29) is 24.6 Å². The van der Waals surface area contributed by atoms with Gasteiger partial charge < -0.3 is 9.64 Å². The first kappa shape index (κ1) is 22.3. The molecule has 0 N–H and O–H groups in total. The van der Waals surface area contributed by atoms with E-state index < -0.39 is 0 Å². The van der Waals surface area contributed by atoms with Crippen molar-refractivity contribution in [3.63, 3.8) is 0 Å². The van der Waals surface area contributed by atoms with E-state index in [0.29, 0.717) is 44.2 Å². The molecule has 1 fully saturated rings. The topological polar surface area (TPSA) is 65.5 Å². The highest BCUT2D eigenvalue weighted by Gasteiger charge is 2.34. The van der Waals surface area contributed by atoms with Crippen LogP contribution in [-0.2, 0) is 9.53 Å². The van der Waals surface area contributed by atoms with Crippen molar-refractivity contribution in [2.24, 2.45) is 5.10 Å². The van der Waals surface area contributed by atoms with Gasteiger partial charge in [0, 0.05) is 37.6 Å². The maximum atomic E-state index is 13.3. The lowest BCUT2D eigenvalue weighted by Gasteiger charge is -2.34. The predicted octanol–water partition coefficient (Wildman–Crippen LogP) is 3.79. The average Bonchev–Trinajstić information content (AvgIpc) is 3.26. The van der Waals surface area contributed by atoms with E-state index in [1.807, 2.05) is 54.6 Å². The van der Waals surface area contributed by atoms with E-state index in [2.05, 4.69) is 4.90 Å². The van der Waals surface area contributed by atoms with Crippen LogP contribution >= 0.6 is 11.6 Å². The van der Waals surface area contributed by atoms with Crippen molar-refractivity contribution in [1.82, 2.24) is 14.8 Å². The molecule has 0 aliphatic carbocycles. The first-order valence-corrected chi connectivity index (χ1v) is 11.3. The number of halogens is 1. The molecule has 168 valence electrons. The molecule has 2 aliphatic rings. The van der Waals surface area contributed by atoms with Crippen molar-refractivity contribution in [2.75, 3.05) is 39.3 Å². The molecule has 2 amide bonds. The fraction of sp³-hybridized carbons (Fsp3) is 0.375. The van der Waals surface area contributed by atoms with Gasteiger partial charge in [-0.15, -0.1) is 0 Å². The minimum Gasteiger partial charge on any atom is -0.450 e. The van der Waals surface area contributed by atoms with Crippen molar-refractivity contribution in [1.29, 1.82) is 0 Å². The van der Waals surface area contributed by atoms with Crippen molar-refractivity contribution in [3.8, 4) is 0 Å². The Morgan fingerprint density at radius 3 is 2.38 bits per heavy atom. The first-order chi connectivity index (χ1) is 15.5. The summed E-state index contributed by atoms with van der Waals surface area (Å²) >= 11 is 6.07. The highest BCUT2D eigenvalue weighted by molar-refractivity contribution is 6.30. The van der Waals surface area contributed by atoms with E-state index in [9.17, 15) is 9.59 Å². The number of hydrogen-bond acceptors (Lipinski definition) is 5. The molecule has 32 heavy (non-hydrogen) atoms. The quantitative estimate of drug-likeness (QED) is 0.689. The largest absolute Gasteiger partial charge is 0.450 e. The molecule has 2 aliphatic heterocycles. The van der Waals surface area contributed by atoms with Crippen LogP contribution in [0.25, 0.3) is 0 Å². The number of carbonyl (C=O) groups excluding carboxylic acids is 2. The normalized spacial score (nSPS) is 19.1. The molecule has 8 heteroatoms. The molecule has 0 radical (unpaired) electrons. The van der Waals surface area contributed by atoms with Crippen molar-refractivity contribution in [3.05, 3.63) is 70.7 Å². The molecule has 4 rings (SSSR count). The van der Waals surface area contributed by atoms with Crippen LogP contribution in [0.2, 0.25) is 5.02 Å². The maximum absolute atomic E-state index is 13.3. The summed E-state index contributed by atoms with van der Waals surface area (Å²) in [6.07, 6.45) is 0.353. The van der Waals surface area contributed by atoms with Crippen LogP contribution < -0.4 is 0 Å². The van der Waals surface area contributed by atoms with Crippen molar-refractivity contribution in [2.45, 2.75) is 19.4 Å². The number of rotatable bonds is 5. The third kappa shape index (κ3) is 5.11. The number of benzene rings is 2. The zero-order valence-corrected chi connectivity index (χ0v) is 18.9. The maximum Gasteiger partial charge on any atom is 0.409 e. The van der Waals surface area contributed by atoms with Crippen molar-refractivity contribution < 1.29 is 14.3 Å². The van der Waals surface area contributed by atoms with Gasteiger partial charge in [0.1, 0.15) is 0 Å². The number of hydrogen-bond donors (Lipinski definition) is 0. The van der Waals surface area contributed by atoms with E-state index >= 15 is 0 Å². The van der Waals surface area contributed by atoms with Gasteiger partial charge in [0.05, 0.1) is 24.9 Å². The van der Waals surface area contributed by atoms with Gasteiger partial charge in [-0.2, -0.15) is 5.10 Å². The molecule has 0 spiro atoms. The Hall–Kier alpha value is -2.90. The van der Waals surface area contributed by atoms with Crippen LogP contribution in [0.15, 0.2) is 59.7 Å². The number of carbonyl (C=O) groups is 2. The van der Waals surface area contributed by atoms with Crippen LogP contribution in [-0.4, -0.2) is 71.9 Å². The Kier molecular flexibility index (Phi) is 7.07. The molecule has 0 bridgehead atoms.